The Morgan fingerprint density at radius 2 is 2.18 bits per heavy atom. The number of carbonyl (C=O) groups excluding carboxylic acids is 1. The molecule has 11 heteroatoms. The minimum Gasteiger partial charge on any atom is -0.469 e. The summed E-state index contributed by atoms with van der Waals surface area (Å²) in [5.74, 6) is 1.28. The van der Waals surface area contributed by atoms with E-state index in [1.807, 2.05) is 17.0 Å². The lowest BCUT2D eigenvalue weighted by Crippen LogP contribution is -2.43. The number of halogens is 1. The maximum absolute atomic E-state index is 12.3. The van der Waals surface area contributed by atoms with E-state index in [-0.39, 0.29) is 36.4 Å². The second kappa shape index (κ2) is 11.6. The molecule has 0 spiro atoms. The average molecular weight is 527 g/mol. The van der Waals surface area contributed by atoms with Crippen molar-refractivity contribution in [2.45, 2.75) is 25.0 Å². The van der Waals surface area contributed by atoms with Gasteiger partial charge in [-0.15, -0.1) is 24.0 Å². The van der Waals surface area contributed by atoms with E-state index in [0.717, 1.165) is 5.76 Å². The van der Waals surface area contributed by atoms with E-state index in [4.69, 9.17) is 4.42 Å². The number of sulfonamides is 1. The first kappa shape index (κ1) is 24.7. The summed E-state index contributed by atoms with van der Waals surface area (Å²) in [6, 6.07) is 3.72. The predicted octanol–water partition coefficient (Wildman–Crippen LogP) is 0.488. The number of guanidine groups is 1. The largest absolute Gasteiger partial charge is 0.469 e. The summed E-state index contributed by atoms with van der Waals surface area (Å²) in [5, 5.41) is 2.74. The first-order valence-corrected chi connectivity index (χ1v) is 10.6. The molecule has 0 saturated carbocycles. The monoisotopic (exact) mass is 527 g/mol. The number of rotatable bonds is 8. The highest BCUT2D eigenvalue weighted by atomic mass is 127. The van der Waals surface area contributed by atoms with Gasteiger partial charge < -0.3 is 19.5 Å². The Balaban J connectivity index is 0.00000392. The number of hydrogen-bond donors (Lipinski definition) is 2. The van der Waals surface area contributed by atoms with Crippen molar-refractivity contribution >= 4 is 45.9 Å². The van der Waals surface area contributed by atoms with Crippen LogP contribution in [0.5, 0.6) is 0 Å². The van der Waals surface area contributed by atoms with E-state index in [1.54, 1.807) is 27.3 Å². The van der Waals surface area contributed by atoms with Gasteiger partial charge in [-0.25, -0.2) is 18.1 Å². The number of nitrogens with one attached hydrogen (secondary N) is 2. The van der Waals surface area contributed by atoms with Crippen molar-refractivity contribution in [2.24, 2.45) is 4.99 Å². The molecule has 1 fully saturated rings. The van der Waals surface area contributed by atoms with Crippen LogP contribution in [0.3, 0.4) is 0 Å². The second-order valence-corrected chi connectivity index (χ2v) is 8.63. The van der Waals surface area contributed by atoms with E-state index in [2.05, 4.69) is 15.0 Å². The Morgan fingerprint density at radius 1 is 1.43 bits per heavy atom. The molecule has 2 N–H and O–H groups in total. The van der Waals surface area contributed by atoms with E-state index >= 15 is 0 Å². The Bertz CT molecular complexity index is 737. The SMILES string of the molecule is CCNS(=O)(=O)C1CCN(C(=NCC(=O)N(C)C)NCCc2ccco2)C1.I. The van der Waals surface area contributed by atoms with Crippen LogP contribution in [0.15, 0.2) is 27.8 Å². The van der Waals surface area contributed by atoms with Gasteiger partial charge in [0.15, 0.2) is 5.96 Å². The third-order valence-corrected chi connectivity index (χ3v) is 6.28. The van der Waals surface area contributed by atoms with Crippen molar-refractivity contribution in [3.05, 3.63) is 24.2 Å². The zero-order valence-corrected chi connectivity index (χ0v) is 19.7. The third kappa shape index (κ3) is 7.24. The maximum Gasteiger partial charge on any atom is 0.243 e. The van der Waals surface area contributed by atoms with E-state index < -0.39 is 15.3 Å². The van der Waals surface area contributed by atoms with Gasteiger partial charge in [-0.05, 0) is 18.6 Å². The molecule has 1 aromatic heterocycles. The Kier molecular flexibility index (Phi) is 10.2. The summed E-state index contributed by atoms with van der Waals surface area (Å²) in [6.45, 7) is 3.63. The van der Waals surface area contributed by atoms with Gasteiger partial charge in [0.2, 0.25) is 15.9 Å². The number of hydrogen-bond acceptors (Lipinski definition) is 5. The third-order valence-electron chi connectivity index (χ3n) is 4.33. The van der Waals surface area contributed by atoms with Crippen LogP contribution >= 0.6 is 24.0 Å². The summed E-state index contributed by atoms with van der Waals surface area (Å²) in [5.41, 5.74) is 0. The van der Waals surface area contributed by atoms with Gasteiger partial charge in [0.05, 0.1) is 11.5 Å². The fourth-order valence-electron chi connectivity index (χ4n) is 2.80. The smallest absolute Gasteiger partial charge is 0.243 e. The molecular weight excluding hydrogens is 497 g/mol. The number of aliphatic imine (C=N–C) groups is 1. The van der Waals surface area contributed by atoms with Crippen molar-refractivity contribution in [3.8, 4) is 0 Å². The van der Waals surface area contributed by atoms with Gasteiger partial charge in [-0.3, -0.25) is 4.79 Å². The topological polar surface area (TPSA) is 107 Å². The van der Waals surface area contributed by atoms with Crippen LogP contribution in [-0.2, 0) is 21.2 Å². The van der Waals surface area contributed by atoms with Gasteiger partial charge in [0.25, 0.3) is 0 Å². The van der Waals surface area contributed by atoms with Crippen molar-refractivity contribution in [1.82, 2.24) is 19.8 Å². The van der Waals surface area contributed by atoms with Crippen molar-refractivity contribution in [1.29, 1.82) is 0 Å². The highest BCUT2D eigenvalue weighted by Gasteiger charge is 2.34. The van der Waals surface area contributed by atoms with Gasteiger partial charge in [-0.1, -0.05) is 6.92 Å². The van der Waals surface area contributed by atoms with Gasteiger partial charge >= 0.3 is 0 Å². The molecule has 0 aromatic carbocycles. The van der Waals surface area contributed by atoms with E-state index in [0.29, 0.717) is 45.0 Å². The van der Waals surface area contributed by atoms with E-state index in [9.17, 15) is 13.2 Å². The summed E-state index contributed by atoms with van der Waals surface area (Å²) < 4.78 is 32.4. The highest BCUT2D eigenvalue weighted by molar-refractivity contribution is 14.0. The molecule has 1 aliphatic heterocycles. The zero-order chi connectivity index (χ0) is 19.9. The lowest BCUT2D eigenvalue weighted by molar-refractivity contribution is -0.127. The normalized spacial score (nSPS) is 17.3. The zero-order valence-electron chi connectivity index (χ0n) is 16.6. The first-order chi connectivity index (χ1) is 12.8. The summed E-state index contributed by atoms with van der Waals surface area (Å²) in [6.07, 6.45) is 2.81. The first-order valence-electron chi connectivity index (χ1n) is 9.07. The van der Waals surface area contributed by atoms with Crippen LogP contribution < -0.4 is 10.0 Å². The molecule has 0 radical (unpaired) electrons. The molecule has 1 aliphatic rings. The molecule has 160 valence electrons. The minimum absolute atomic E-state index is 0. The highest BCUT2D eigenvalue weighted by Crippen LogP contribution is 2.16. The fourth-order valence-corrected chi connectivity index (χ4v) is 4.23. The quantitative estimate of drug-likeness (QED) is 0.290. The second-order valence-electron chi connectivity index (χ2n) is 6.58. The standard InChI is InChI=1S/C17H29N5O4S.HI/c1-4-20-27(24,25)15-8-10-22(13-15)17(19-12-16(23)21(2)3)18-9-7-14-6-5-11-26-14;/h5-6,11,15,20H,4,7-10,12-13H2,1-3H3,(H,18,19);1H. The van der Waals surface area contributed by atoms with Crippen molar-refractivity contribution in [2.75, 3.05) is 46.8 Å². The number of likely N-dealkylation sites (N-methyl/N-ethyl adjacent to an activating group) is 1. The molecule has 1 atom stereocenters. The number of nitrogens with zero attached hydrogens (tertiary/aromatic N) is 3. The lowest BCUT2D eigenvalue weighted by Gasteiger charge is -2.22. The Morgan fingerprint density at radius 3 is 2.79 bits per heavy atom. The Hall–Kier alpha value is -1.34. The predicted molar refractivity (Wildman–Crippen MR) is 119 cm³/mol. The summed E-state index contributed by atoms with van der Waals surface area (Å²) in [4.78, 5) is 19.7. The number of amides is 1. The van der Waals surface area contributed by atoms with Gasteiger partial charge in [-0.2, -0.15) is 0 Å². The molecule has 28 heavy (non-hydrogen) atoms. The molecule has 1 aromatic rings. The fraction of sp³-hybridized carbons (Fsp3) is 0.647. The van der Waals surface area contributed by atoms with Crippen LogP contribution in [0.1, 0.15) is 19.1 Å². The number of carbonyl (C=O) groups is 1. The van der Waals surface area contributed by atoms with Crippen LogP contribution in [-0.4, -0.2) is 82.2 Å². The molecule has 0 aliphatic carbocycles. The van der Waals surface area contributed by atoms with Crippen molar-refractivity contribution < 1.29 is 17.6 Å². The molecule has 1 unspecified atom stereocenters. The maximum atomic E-state index is 12.3. The molecule has 2 heterocycles. The number of likely N-dealkylation sites (tertiary alicyclic amines) is 1. The van der Waals surface area contributed by atoms with Crippen molar-refractivity contribution in [3.63, 3.8) is 0 Å². The molecule has 0 bridgehead atoms. The molecule has 1 amide bonds. The van der Waals surface area contributed by atoms with Gasteiger partial charge in [0.1, 0.15) is 12.3 Å². The molecule has 1 saturated heterocycles. The average Bonchev–Trinajstić information content (AvgIpc) is 3.29. The lowest BCUT2D eigenvalue weighted by atomic mass is 10.3. The van der Waals surface area contributed by atoms with E-state index in [1.165, 1.54) is 4.90 Å². The summed E-state index contributed by atoms with van der Waals surface area (Å²) in [7, 11) is 0.0129. The van der Waals surface area contributed by atoms with Crippen LogP contribution in [0, 0.1) is 0 Å². The van der Waals surface area contributed by atoms with Crippen LogP contribution in [0.4, 0.5) is 0 Å². The minimum atomic E-state index is -3.34. The number of furan rings is 1. The summed E-state index contributed by atoms with van der Waals surface area (Å²) >= 11 is 0. The van der Waals surface area contributed by atoms with Crippen LogP contribution in [0.2, 0.25) is 0 Å². The Labute approximate surface area is 184 Å². The van der Waals surface area contributed by atoms with Gasteiger partial charge in [0, 0.05) is 46.7 Å². The van der Waals surface area contributed by atoms with Crippen LogP contribution in [0.25, 0.3) is 0 Å². The molecule has 2 rings (SSSR count). The molecule has 9 nitrogen and oxygen atoms in total. The molecular formula is C17H30IN5O4S.